The Morgan fingerprint density at radius 1 is 1.27 bits per heavy atom. The predicted octanol–water partition coefficient (Wildman–Crippen LogP) is 4.17. The number of sulfonamides is 1. The highest BCUT2D eigenvalue weighted by Gasteiger charge is 2.27. The molecule has 6 heteroatoms. The van der Waals surface area contributed by atoms with Crippen molar-refractivity contribution in [2.45, 2.75) is 32.1 Å². The fourth-order valence-electron chi connectivity index (χ4n) is 2.84. The van der Waals surface area contributed by atoms with E-state index in [1.807, 2.05) is 39.0 Å². The standard InChI is InChI=1S/C20H26N2O3S/c1-5-9-16(7-3)15-22(14-6-2)26(23,24)19-12-11-18(25-4)20-17(19)10-8-13-21-20/h5,7-13H,6,14-15H2,1-4H3/b9-5-,16-7+. The van der Waals surface area contributed by atoms with Gasteiger partial charge in [0, 0.05) is 24.7 Å². The zero-order valence-electron chi connectivity index (χ0n) is 15.8. The Balaban J connectivity index is 2.58. The minimum absolute atomic E-state index is 0.255. The van der Waals surface area contributed by atoms with Crippen LogP contribution < -0.4 is 4.74 Å². The van der Waals surface area contributed by atoms with Gasteiger partial charge >= 0.3 is 0 Å². The summed E-state index contributed by atoms with van der Waals surface area (Å²) in [6.07, 6.45) is 8.16. The van der Waals surface area contributed by atoms with Gasteiger partial charge in [-0.25, -0.2) is 8.42 Å². The van der Waals surface area contributed by atoms with Crippen LogP contribution in [0.15, 0.2) is 59.2 Å². The lowest BCUT2D eigenvalue weighted by molar-refractivity contribution is 0.418. The maximum Gasteiger partial charge on any atom is 0.244 e. The van der Waals surface area contributed by atoms with Crippen LogP contribution in [0.5, 0.6) is 5.75 Å². The molecule has 0 N–H and O–H groups in total. The van der Waals surface area contributed by atoms with E-state index in [0.717, 1.165) is 12.0 Å². The van der Waals surface area contributed by atoms with E-state index in [1.54, 1.807) is 37.6 Å². The molecule has 2 aromatic rings. The largest absolute Gasteiger partial charge is 0.494 e. The summed E-state index contributed by atoms with van der Waals surface area (Å²) >= 11 is 0. The molecule has 5 nitrogen and oxygen atoms in total. The van der Waals surface area contributed by atoms with Gasteiger partial charge in [0.25, 0.3) is 0 Å². The monoisotopic (exact) mass is 374 g/mol. The average molecular weight is 375 g/mol. The molecule has 26 heavy (non-hydrogen) atoms. The Bertz CT molecular complexity index is 918. The average Bonchev–Trinajstić information content (AvgIpc) is 2.65. The van der Waals surface area contributed by atoms with Crippen molar-refractivity contribution in [1.29, 1.82) is 0 Å². The van der Waals surface area contributed by atoms with E-state index >= 15 is 0 Å². The number of allylic oxidation sites excluding steroid dienone is 2. The van der Waals surface area contributed by atoms with Gasteiger partial charge in [0.1, 0.15) is 11.3 Å². The van der Waals surface area contributed by atoms with Gasteiger partial charge < -0.3 is 4.74 Å². The minimum atomic E-state index is -3.68. The number of benzene rings is 1. The molecule has 0 saturated heterocycles. The number of pyridine rings is 1. The Kier molecular flexibility index (Phi) is 6.94. The van der Waals surface area contributed by atoms with Crippen LogP contribution in [-0.4, -0.2) is 37.9 Å². The second kappa shape index (κ2) is 8.96. The number of methoxy groups -OCH3 is 1. The molecule has 0 bridgehead atoms. The topological polar surface area (TPSA) is 59.5 Å². The molecule has 0 amide bonds. The normalized spacial score (nSPS) is 13.0. The lowest BCUT2D eigenvalue weighted by Gasteiger charge is -2.23. The van der Waals surface area contributed by atoms with Crippen LogP contribution in [0.25, 0.3) is 10.9 Å². The Labute approximate surface area is 156 Å². The highest BCUT2D eigenvalue weighted by Crippen LogP contribution is 2.31. The van der Waals surface area contributed by atoms with Crippen molar-refractivity contribution in [2.75, 3.05) is 20.2 Å². The molecule has 0 saturated carbocycles. The van der Waals surface area contributed by atoms with Crippen molar-refractivity contribution in [3.05, 3.63) is 54.3 Å². The molecule has 0 radical (unpaired) electrons. The first kappa shape index (κ1) is 20.1. The van der Waals surface area contributed by atoms with Crippen molar-refractivity contribution in [2.24, 2.45) is 0 Å². The van der Waals surface area contributed by atoms with E-state index in [-0.39, 0.29) is 4.90 Å². The number of aromatic nitrogens is 1. The SMILES string of the molecule is C/C=C\C(=C/C)CN(CCC)S(=O)(=O)c1ccc(OC)c2ncccc12. The summed E-state index contributed by atoms with van der Waals surface area (Å²) < 4.78 is 33.6. The van der Waals surface area contributed by atoms with Crippen molar-refractivity contribution in [3.8, 4) is 5.75 Å². The molecule has 2 rings (SSSR count). The molecule has 140 valence electrons. The maximum absolute atomic E-state index is 13.4. The van der Waals surface area contributed by atoms with E-state index in [4.69, 9.17) is 4.74 Å². The molecule has 0 spiro atoms. The quantitative estimate of drug-likeness (QED) is 0.651. The van der Waals surface area contributed by atoms with Crippen molar-refractivity contribution in [3.63, 3.8) is 0 Å². The molecule has 1 aromatic heterocycles. The molecule has 0 atom stereocenters. The van der Waals surface area contributed by atoms with E-state index in [0.29, 0.717) is 29.7 Å². The zero-order chi connectivity index (χ0) is 19.2. The van der Waals surface area contributed by atoms with Crippen LogP contribution in [0.4, 0.5) is 0 Å². The van der Waals surface area contributed by atoms with E-state index in [2.05, 4.69) is 4.98 Å². The third-order valence-electron chi connectivity index (χ3n) is 4.11. The molecule has 0 aliphatic rings. The van der Waals surface area contributed by atoms with Gasteiger partial charge in [-0.3, -0.25) is 4.98 Å². The minimum Gasteiger partial charge on any atom is -0.494 e. The molecule has 1 heterocycles. The molecule has 1 aromatic carbocycles. The lowest BCUT2D eigenvalue weighted by Crippen LogP contribution is -2.33. The summed E-state index contributed by atoms with van der Waals surface area (Å²) in [5.74, 6) is 0.560. The summed E-state index contributed by atoms with van der Waals surface area (Å²) in [6, 6.07) is 6.77. The number of fused-ring (bicyclic) bond motifs is 1. The van der Waals surface area contributed by atoms with Crippen LogP contribution in [0.1, 0.15) is 27.2 Å². The van der Waals surface area contributed by atoms with E-state index in [9.17, 15) is 8.42 Å². The van der Waals surface area contributed by atoms with E-state index < -0.39 is 10.0 Å². The van der Waals surface area contributed by atoms with Crippen LogP contribution in [0, 0.1) is 0 Å². The highest BCUT2D eigenvalue weighted by atomic mass is 32.2. The van der Waals surface area contributed by atoms with Crippen molar-refractivity contribution < 1.29 is 13.2 Å². The zero-order valence-corrected chi connectivity index (χ0v) is 16.6. The van der Waals surface area contributed by atoms with Gasteiger partial charge in [-0.15, -0.1) is 0 Å². The fourth-order valence-corrected chi connectivity index (χ4v) is 4.54. The third kappa shape index (κ3) is 4.14. The van der Waals surface area contributed by atoms with Crippen molar-refractivity contribution in [1.82, 2.24) is 9.29 Å². The number of nitrogens with zero attached hydrogens (tertiary/aromatic N) is 2. The van der Waals surface area contributed by atoms with E-state index in [1.165, 1.54) is 4.31 Å². The molecule has 0 fully saturated rings. The van der Waals surface area contributed by atoms with Crippen LogP contribution in [0.3, 0.4) is 0 Å². The van der Waals surface area contributed by atoms with Gasteiger partial charge in [0.15, 0.2) is 0 Å². The Morgan fingerprint density at radius 3 is 2.65 bits per heavy atom. The molecular weight excluding hydrogens is 348 g/mol. The van der Waals surface area contributed by atoms with Gasteiger partial charge in [-0.2, -0.15) is 4.31 Å². The third-order valence-corrected chi connectivity index (χ3v) is 6.02. The second-order valence-electron chi connectivity index (χ2n) is 5.87. The summed E-state index contributed by atoms with van der Waals surface area (Å²) in [6.45, 7) is 6.60. The lowest BCUT2D eigenvalue weighted by atomic mass is 10.2. The first-order chi connectivity index (χ1) is 12.5. The Morgan fingerprint density at radius 2 is 2.04 bits per heavy atom. The second-order valence-corrected chi connectivity index (χ2v) is 7.77. The van der Waals surface area contributed by atoms with Gasteiger partial charge in [0.2, 0.25) is 10.0 Å². The maximum atomic E-state index is 13.4. The highest BCUT2D eigenvalue weighted by molar-refractivity contribution is 7.89. The summed E-state index contributed by atoms with van der Waals surface area (Å²) in [4.78, 5) is 4.56. The fraction of sp³-hybridized carbons (Fsp3) is 0.350. The van der Waals surface area contributed by atoms with Crippen molar-refractivity contribution >= 4 is 20.9 Å². The first-order valence-electron chi connectivity index (χ1n) is 8.69. The number of rotatable bonds is 8. The Hall–Kier alpha value is -2.18. The van der Waals surface area contributed by atoms with Gasteiger partial charge in [0.05, 0.1) is 12.0 Å². The summed E-state index contributed by atoms with van der Waals surface area (Å²) in [5.41, 5.74) is 1.51. The summed E-state index contributed by atoms with van der Waals surface area (Å²) in [5, 5.41) is 0.570. The van der Waals surface area contributed by atoms with Gasteiger partial charge in [-0.1, -0.05) is 25.2 Å². The molecule has 0 unspecified atom stereocenters. The number of hydrogen-bond acceptors (Lipinski definition) is 4. The number of ether oxygens (including phenoxy) is 1. The van der Waals surface area contributed by atoms with Crippen LogP contribution in [0.2, 0.25) is 0 Å². The first-order valence-corrected chi connectivity index (χ1v) is 10.1. The molecular formula is C20H26N2O3S. The smallest absolute Gasteiger partial charge is 0.244 e. The predicted molar refractivity (Wildman–Crippen MR) is 106 cm³/mol. The van der Waals surface area contributed by atoms with Crippen LogP contribution in [-0.2, 0) is 10.0 Å². The molecule has 0 aliphatic carbocycles. The molecule has 0 aliphatic heterocycles. The van der Waals surface area contributed by atoms with Gasteiger partial charge in [-0.05, 0) is 50.1 Å². The van der Waals surface area contributed by atoms with Crippen LogP contribution >= 0.6 is 0 Å². The summed E-state index contributed by atoms with van der Waals surface area (Å²) in [7, 11) is -2.12. The number of hydrogen-bond donors (Lipinski definition) is 0.